The molecule has 3 aliphatic rings. The third kappa shape index (κ3) is 6.85. The first-order chi connectivity index (χ1) is 22.0. The summed E-state index contributed by atoms with van der Waals surface area (Å²) in [5, 5.41) is 10.2. The van der Waals surface area contributed by atoms with Gasteiger partial charge in [0, 0.05) is 13.0 Å². The van der Waals surface area contributed by atoms with E-state index in [9.17, 15) is 41.0 Å². The third-order valence-corrected chi connectivity index (χ3v) is 9.34. The second-order valence-corrected chi connectivity index (χ2v) is 12.6. The zero-order valence-corrected chi connectivity index (χ0v) is 26.5. The molecule has 4 atom stereocenters. The Morgan fingerprint density at radius 2 is 1.57 bits per heavy atom. The number of halogens is 6. The van der Waals surface area contributed by atoms with Gasteiger partial charge in [-0.05, 0) is 97.7 Å². The molecule has 2 amide bonds. The lowest BCUT2D eigenvalue weighted by molar-refractivity contribution is -0.143. The Bertz CT molecular complexity index is 1570. The maximum absolute atomic E-state index is 13.8. The van der Waals surface area contributed by atoms with E-state index in [1.165, 1.54) is 7.11 Å². The van der Waals surface area contributed by atoms with E-state index in [0.29, 0.717) is 29.9 Å². The number of phenolic OH excluding ortho intramolecular Hbond substituents is 1. The van der Waals surface area contributed by atoms with E-state index >= 15 is 0 Å². The number of hydrogen-bond donors (Lipinski definition) is 1. The van der Waals surface area contributed by atoms with Gasteiger partial charge in [-0.15, -0.1) is 0 Å². The topological polar surface area (TPSA) is 76.1 Å². The lowest BCUT2D eigenvalue weighted by Gasteiger charge is -2.31. The average Bonchev–Trinajstić information content (AvgIpc) is 3.52. The standard InChI is InChI=1S/C35H37F6NO5/c1-5-6-20(11-21-9-18(2)31(43)19(3)10-21)7-8-28-29-22(16-46-4)12-26-30(27(29)17-47-28)33(45)42(32(26)44)25-14-23(34(36,37)38)13-24(15-25)35(39,40)41/h9-11,13-15,26-28,30,43H,5-8,12,16-17H2,1-4H3/b20-11+/t26-,27+,28-,30-/m1/s1. The number of hydrogen-bond acceptors (Lipinski definition) is 5. The number of alkyl halides is 6. The highest BCUT2D eigenvalue weighted by Gasteiger charge is 2.57. The largest absolute Gasteiger partial charge is 0.507 e. The van der Waals surface area contributed by atoms with E-state index < -0.39 is 64.8 Å². The van der Waals surface area contributed by atoms with Crippen LogP contribution in [0.3, 0.4) is 0 Å². The molecule has 2 heterocycles. The molecule has 47 heavy (non-hydrogen) atoms. The monoisotopic (exact) mass is 665 g/mol. The fourth-order valence-corrected chi connectivity index (χ4v) is 7.32. The lowest BCUT2D eigenvalue weighted by atomic mass is 9.69. The molecule has 12 heteroatoms. The second kappa shape index (κ2) is 13.1. The first-order valence-electron chi connectivity index (χ1n) is 15.5. The van der Waals surface area contributed by atoms with E-state index in [2.05, 4.69) is 13.0 Å². The Labute approximate surface area is 269 Å². The molecular weight excluding hydrogens is 628 g/mol. The molecular formula is C35H37F6NO5. The van der Waals surface area contributed by atoms with Gasteiger partial charge in [-0.3, -0.25) is 9.59 Å². The number of aromatic hydroxyl groups is 1. The number of ether oxygens (including phenoxy) is 2. The maximum atomic E-state index is 13.8. The van der Waals surface area contributed by atoms with Gasteiger partial charge in [0.1, 0.15) is 5.75 Å². The SMILES string of the molecule is CCC/C(=C\c1cc(C)c(O)c(C)c1)CC[C@H]1OC[C@H]2C1=C(COC)C[C@H]1C(=O)N(c3cc(C(F)(F)F)cc(C(F)(F)F)c3)C(=O)[C@H]12. The van der Waals surface area contributed by atoms with Gasteiger partial charge in [0.05, 0.1) is 48.0 Å². The quantitative estimate of drug-likeness (QED) is 0.166. The fraction of sp³-hybridized carbons (Fsp3) is 0.486. The summed E-state index contributed by atoms with van der Waals surface area (Å²) in [6, 6.07) is 4.63. The summed E-state index contributed by atoms with van der Waals surface area (Å²) in [5.41, 5.74) is 1.28. The van der Waals surface area contributed by atoms with Crippen molar-refractivity contribution in [1.29, 1.82) is 0 Å². The summed E-state index contributed by atoms with van der Waals surface area (Å²) in [6.07, 6.45) is -5.55. The van der Waals surface area contributed by atoms with Gasteiger partial charge in [0.2, 0.25) is 11.8 Å². The van der Waals surface area contributed by atoms with Crippen LogP contribution in [0.2, 0.25) is 0 Å². The number of nitrogens with zero attached hydrogens (tertiary/aromatic N) is 1. The van der Waals surface area contributed by atoms with E-state index in [4.69, 9.17) is 9.47 Å². The van der Waals surface area contributed by atoms with Crippen molar-refractivity contribution >= 4 is 23.6 Å². The molecule has 6 nitrogen and oxygen atoms in total. The van der Waals surface area contributed by atoms with Crippen LogP contribution < -0.4 is 4.90 Å². The smallest absolute Gasteiger partial charge is 0.416 e. The highest BCUT2D eigenvalue weighted by molar-refractivity contribution is 6.22. The number of benzene rings is 2. The first kappa shape index (κ1) is 34.7. The lowest BCUT2D eigenvalue weighted by Crippen LogP contribution is -2.35. The van der Waals surface area contributed by atoms with Crippen molar-refractivity contribution in [2.75, 3.05) is 25.2 Å². The number of amides is 2. The molecule has 2 aliphatic heterocycles. The Balaban J connectivity index is 1.44. The van der Waals surface area contributed by atoms with Gasteiger partial charge in [0.15, 0.2) is 0 Å². The maximum Gasteiger partial charge on any atom is 0.416 e. The molecule has 254 valence electrons. The van der Waals surface area contributed by atoms with Crippen LogP contribution in [-0.4, -0.2) is 43.3 Å². The molecule has 1 N–H and O–H groups in total. The molecule has 0 aromatic heterocycles. The van der Waals surface area contributed by atoms with Crippen molar-refractivity contribution in [3.63, 3.8) is 0 Å². The Hall–Kier alpha value is -3.64. The summed E-state index contributed by atoms with van der Waals surface area (Å²) in [5.74, 6) is -3.94. The second-order valence-electron chi connectivity index (χ2n) is 12.6. The minimum atomic E-state index is -5.13. The highest BCUT2D eigenvalue weighted by atomic mass is 19.4. The van der Waals surface area contributed by atoms with Crippen molar-refractivity contribution in [3.05, 3.63) is 74.9 Å². The zero-order valence-electron chi connectivity index (χ0n) is 26.5. The van der Waals surface area contributed by atoms with Crippen molar-refractivity contribution in [2.24, 2.45) is 17.8 Å². The summed E-state index contributed by atoms with van der Waals surface area (Å²) in [4.78, 5) is 28.0. The molecule has 2 aromatic carbocycles. The highest BCUT2D eigenvalue weighted by Crippen LogP contribution is 2.51. The zero-order chi connectivity index (χ0) is 34.4. The number of aryl methyl sites for hydroxylation is 2. The van der Waals surface area contributed by atoms with Crippen molar-refractivity contribution in [1.82, 2.24) is 0 Å². The Morgan fingerprint density at radius 3 is 2.13 bits per heavy atom. The Kier molecular flexibility index (Phi) is 9.67. The van der Waals surface area contributed by atoms with Gasteiger partial charge < -0.3 is 14.6 Å². The summed E-state index contributed by atoms with van der Waals surface area (Å²) in [6.45, 7) is 5.97. The van der Waals surface area contributed by atoms with Crippen LogP contribution in [0.4, 0.5) is 32.0 Å². The van der Waals surface area contributed by atoms with E-state index in [1.54, 1.807) is 0 Å². The van der Waals surface area contributed by atoms with Gasteiger partial charge in [0.25, 0.3) is 0 Å². The van der Waals surface area contributed by atoms with Crippen molar-refractivity contribution < 1.29 is 50.5 Å². The fourth-order valence-electron chi connectivity index (χ4n) is 7.32. The molecule has 0 radical (unpaired) electrons. The normalized spacial score (nSPS) is 23.5. The number of allylic oxidation sites excluding steroid dienone is 1. The van der Waals surface area contributed by atoms with E-state index in [0.717, 1.165) is 46.3 Å². The van der Waals surface area contributed by atoms with Crippen LogP contribution in [0.15, 0.2) is 47.1 Å². The molecule has 5 rings (SSSR count). The van der Waals surface area contributed by atoms with E-state index in [1.807, 2.05) is 26.0 Å². The van der Waals surface area contributed by atoms with Gasteiger partial charge in [-0.25, -0.2) is 4.90 Å². The molecule has 2 fully saturated rings. The molecule has 1 aliphatic carbocycles. The third-order valence-electron chi connectivity index (χ3n) is 9.34. The molecule has 0 saturated carbocycles. The molecule has 0 unspecified atom stereocenters. The van der Waals surface area contributed by atoms with Crippen LogP contribution >= 0.6 is 0 Å². The van der Waals surface area contributed by atoms with Crippen LogP contribution in [0.1, 0.15) is 66.8 Å². The summed E-state index contributed by atoms with van der Waals surface area (Å²) >= 11 is 0. The van der Waals surface area contributed by atoms with Gasteiger partial charge in [-0.1, -0.05) is 25.0 Å². The van der Waals surface area contributed by atoms with Gasteiger partial charge in [-0.2, -0.15) is 26.3 Å². The summed E-state index contributed by atoms with van der Waals surface area (Å²) < 4.78 is 93.3. The minimum absolute atomic E-state index is 0.0292. The number of phenols is 1. The minimum Gasteiger partial charge on any atom is -0.507 e. The number of fused-ring (bicyclic) bond motifs is 3. The van der Waals surface area contributed by atoms with Crippen LogP contribution in [-0.2, 0) is 31.4 Å². The summed E-state index contributed by atoms with van der Waals surface area (Å²) in [7, 11) is 1.48. The molecule has 2 saturated heterocycles. The van der Waals surface area contributed by atoms with Crippen molar-refractivity contribution in [2.45, 2.75) is 71.3 Å². The number of anilines is 1. The predicted octanol–water partition coefficient (Wildman–Crippen LogP) is 8.18. The number of imide groups is 1. The Morgan fingerprint density at radius 1 is 0.957 bits per heavy atom. The molecule has 0 spiro atoms. The van der Waals surface area contributed by atoms with Gasteiger partial charge >= 0.3 is 12.4 Å². The number of rotatable bonds is 9. The predicted molar refractivity (Wildman–Crippen MR) is 162 cm³/mol. The van der Waals surface area contributed by atoms with E-state index in [-0.39, 0.29) is 31.5 Å². The van der Waals surface area contributed by atoms with Crippen LogP contribution in [0, 0.1) is 31.6 Å². The first-order valence-corrected chi connectivity index (χ1v) is 15.5. The van der Waals surface area contributed by atoms with Crippen LogP contribution in [0.25, 0.3) is 6.08 Å². The molecule has 2 aromatic rings. The van der Waals surface area contributed by atoms with Crippen LogP contribution in [0.5, 0.6) is 5.75 Å². The average molecular weight is 666 g/mol. The number of carbonyl (C=O) groups is 2. The number of carbonyl (C=O) groups excluding carboxylic acids is 2. The number of methoxy groups -OCH3 is 1. The molecule has 0 bridgehead atoms. The van der Waals surface area contributed by atoms with Crippen molar-refractivity contribution in [3.8, 4) is 5.75 Å².